The molecule has 2 rings (SSSR count). The number of aryl methyl sites for hydroxylation is 1. The van der Waals surface area contributed by atoms with E-state index >= 15 is 0 Å². The molecule has 1 unspecified atom stereocenters. The van der Waals surface area contributed by atoms with Gasteiger partial charge in [0.25, 0.3) is 0 Å². The molecule has 0 aliphatic heterocycles. The molecule has 0 spiro atoms. The highest BCUT2D eigenvalue weighted by atomic mass is 79.9. The van der Waals surface area contributed by atoms with E-state index in [1.165, 1.54) is 6.07 Å². The third-order valence-corrected chi connectivity index (χ3v) is 3.79. The zero-order valence-corrected chi connectivity index (χ0v) is 12.3. The second kappa shape index (κ2) is 5.98. The summed E-state index contributed by atoms with van der Waals surface area (Å²) in [6, 6.07) is 13.5. The van der Waals surface area contributed by atoms with E-state index in [1.807, 2.05) is 6.07 Å². The van der Waals surface area contributed by atoms with Crippen LogP contribution in [0.1, 0.15) is 27.4 Å². The van der Waals surface area contributed by atoms with Gasteiger partial charge in [-0.25, -0.2) is 4.39 Å². The van der Waals surface area contributed by atoms with Crippen molar-refractivity contribution in [2.45, 2.75) is 12.8 Å². The number of benzene rings is 2. The summed E-state index contributed by atoms with van der Waals surface area (Å²) in [5, 5.41) is 9.28. The SMILES string of the molecule is Cc1cccc(C(=O)C(C#N)c2ccccc2Br)c1F. The molecule has 1 atom stereocenters. The Kier molecular flexibility index (Phi) is 4.31. The van der Waals surface area contributed by atoms with Crippen molar-refractivity contribution < 1.29 is 9.18 Å². The number of Topliss-reactive ketones (excluding diaryl/α,β-unsaturated/α-hetero) is 1. The van der Waals surface area contributed by atoms with E-state index in [4.69, 9.17) is 0 Å². The van der Waals surface area contributed by atoms with Crippen molar-refractivity contribution in [2.24, 2.45) is 0 Å². The molecule has 0 aromatic heterocycles. The smallest absolute Gasteiger partial charge is 0.187 e. The van der Waals surface area contributed by atoms with E-state index in [9.17, 15) is 14.4 Å². The lowest BCUT2D eigenvalue weighted by molar-refractivity contribution is 0.0974. The average Bonchev–Trinajstić information content (AvgIpc) is 2.44. The molecule has 100 valence electrons. The van der Waals surface area contributed by atoms with Crippen LogP contribution in [0.4, 0.5) is 4.39 Å². The number of carbonyl (C=O) groups excluding carboxylic acids is 1. The minimum absolute atomic E-state index is 0.0488. The normalized spacial score (nSPS) is 11.7. The second-order valence-corrected chi connectivity index (χ2v) is 5.24. The summed E-state index contributed by atoms with van der Waals surface area (Å²) in [6.07, 6.45) is 0. The van der Waals surface area contributed by atoms with Crippen molar-refractivity contribution >= 4 is 21.7 Å². The van der Waals surface area contributed by atoms with Gasteiger partial charge in [-0.2, -0.15) is 5.26 Å². The molecule has 2 nitrogen and oxygen atoms in total. The lowest BCUT2D eigenvalue weighted by Gasteiger charge is -2.11. The molecule has 2 aromatic rings. The van der Waals surface area contributed by atoms with Gasteiger partial charge in [-0.05, 0) is 30.2 Å². The molecule has 0 amide bonds. The highest BCUT2D eigenvalue weighted by Crippen LogP contribution is 2.28. The van der Waals surface area contributed by atoms with E-state index in [0.29, 0.717) is 15.6 Å². The van der Waals surface area contributed by atoms with Crippen molar-refractivity contribution in [3.05, 3.63) is 69.4 Å². The minimum atomic E-state index is -1.03. The summed E-state index contributed by atoms with van der Waals surface area (Å²) in [5.41, 5.74) is 0.882. The van der Waals surface area contributed by atoms with Crippen LogP contribution in [-0.4, -0.2) is 5.78 Å². The van der Waals surface area contributed by atoms with Crippen LogP contribution in [-0.2, 0) is 0 Å². The lowest BCUT2D eigenvalue weighted by atomic mass is 9.91. The van der Waals surface area contributed by atoms with Gasteiger partial charge in [-0.1, -0.05) is 46.3 Å². The molecule has 0 fully saturated rings. The number of hydrogen-bond acceptors (Lipinski definition) is 2. The second-order valence-electron chi connectivity index (χ2n) is 4.38. The van der Waals surface area contributed by atoms with Gasteiger partial charge in [0.15, 0.2) is 5.78 Å². The first kappa shape index (κ1) is 14.4. The molecule has 0 radical (unpaired) electrons. The molecule has 0 N–H and O–H groups in total. The summed E-state index contributed by atoms with van der Waals surface area (Å²) in [5.74, 6) is -2.12. The molecular weight excluding hydrogens is 321 g/mol. The quantitative estimate of drug-likeness (QED) is 0.783. The zero-order chi connectivity index (χ0) is 14.7. The van der Waals surface area contributed by atoms with Crippen LogP contribution in [0, 0.1) is 24.1 Å². The van der Waals surface area contributed by atoms with Crippen LogP contribution < -0.4 is 0 Å². The number of nitriles is 1. The highest BCUT2D eigenvalue weighted by molar-refractivity contribution is 9.10. The summed E-state index contributed by atoms with van der Waals surface area (Å²) in [4.78, 5) is 12.4. The molecule has 0 aliphatic carbocycles. The number of rotatable bonds is 3. The van der Waals surface area contributed by atoms with E-state index in [2.05, 4.69) is 15.9 Å². The topological polar surface area (TPSA) is 40.9 Å². The Morgan fingerprint density at radius 2 is 1.95 bits per heavy atom. The monoisotopic (exact) mass is 331 g/mol. The Bertz CT molecular complexity index is 706. The third-order valence-electron chi connectivity index (χ3n) is 3.06. The largest absolute Gasteiger partial charge is 0.292 e. The van der Waals surface area contributed by atoms with Gasteiger partial charge in [-0.3, -0.25) is 4.79 Å². The number of hydrogen-bond donors (Lipinski definition) is 0. The van der Waals surface area contributed by atoms with Gasteiger partial charge in [-0.15, -0.1) is 0 Å². The molecule has 0 bridgehead atoms. The fraction of sp³-hybridized carbons (Fsp3) is 0.125. The Balaban J connectivity index is 2.49. The molecular formula is C16H11BrFNO. The van der Waals surface area contributed by atoms with Gasteiger partial charge in [0.1, 0.15) is 11.7 Å². The van der Waals surface area contributed by atoms with Crippen molar-refractivity contribution in [3.63, 3.8) is 0 Å². The summed E-state index contributed by atoms with van der Waals surface area (Å²) in [6.45, 7) is 1.59. The first-order chi connectivity index (χ1) is 9.56. The van der Waals surface area contributed by atoms with Gasteiger partial charge >= 0.3 is 0 Å². The Hall–Kier alpha value is -1.99. The maximum Gasteiger partial charge on any atom is 0.187 e. The first-order valence-corrected chi connectivity index (χ1v) is 6.79. The fourth-order valence-electron chi connectivity index (χ4n) is 1.97. The fourth-order valence-corrected chi connectivity index (χ4v) is 2.49. The number of ketones is 1. The number of halogens is 2. The Morgan fingerprint density at radius 1 is 1.25 bits per heavy atom. The zero-order valence-electron chi connectivity index (χ0n) is 10.7. The summed E-state index contributed by atoms with van der Waals surface area (Å²) < 4.78 is 14.7. The van der Waals surface area contributed by atoms with Crippen molar-refractivity contribution in [1.82, 2.24) is 0 Å². The van der Waals surface area contributed by atoms with E-state index < -0.39 is 17.5 Å². The third kappa shape index (κ3) is 2.63. The van der Waals surface area contributed by atoms with Gasteiger partial charge < -0.3 is 0 Å². The standard InChI is InChI=1S/C16H11BrFNO/c1-10-5-4-7-12(15(10)18)16(20)13(9-19)11-6-2-3-8-14(11)17/h2-8,13H,1H3. The van der Waals surface area contributed by atoms with Gasteiger partial charge in [0.05, 0.1) is 11.6 Å². The molecule has 0 heterocycles. The number of carbonyl (C=O) groups is 1. The van der Waals surface area contributed by atoms with E-state index in [0.717, 1.165) is 0 Å². The maximum absolute atomic E-state index is 14.0. The molecule has 0 saturated carbocycles. The molecule has 0 aliphatic rings. The van der Waals surface area contributed by atoms with Crippen LogP contribution in [0.25, 0.3) is 0 Å². The predicted octanol–water partition coefficient (Wildman–Crippen LogP) is 4.39. The summed E-state index contributed by atoms with van der Waals surface area (Å²) in [7, 11) is 0. The molecule has 2 aromatic carbocycles. The Labute approximate surface area is 125 Å². The predicted molar refractivity (Wildman–Crippen MR) is 78.0 cm³/mol. The van der Waals surface area contributed by atoms with Crippen molar-refractivity contribution in [1.29, 1.82) is 5.26 Å². The van der Waals surface area contributed by atoms with Crippen LogP contribution in [0.2, 0.25) is 0 Å². The number of nitrogens with zero attached hydrogens (tertiary/aromatic N) is 1. The van der Waals surface area contributed by atoms with Crippen LogP contribution in [0.3, 0.4) is 0 Å². The first-order valence-electron chi connectivity index (χ1n) is 5.99. The van der Waals surface area contributed by atoms with Crippen molar-refractivity contribution in [3.8, 4) is 6.07 Å². The molecule has 4 heteroatoms. The minimum Gasteiger partial charge on any atom is -0.292 e. The van der Waals surface area contributed by atoms with Gasteiger partial charge in [0, 0.05) is 4.47 Å². The molecule has 20 heavy (non-hydrogen) atoms. The van der Waals surface area contributed by atoms with E-state index in [-0.39, 0.29) is 5.56 Å². The molecule has 0 saturated heterocycles. The van der Waals surface area contributed by atoms with Crippen molar-refractivity contribution in [2.75, 3.05) is 0 Å². The van der Waals surface area contributed by atoms with E-state index in [1.54, 1.807) is 43.3 Å². The van der Waals surface area contributed by atoms with Crippen LogP contribution in [0.15, 0.2) is 46.9 Å². The summed E-state index contributed by atoms with van der Waals surface area (Å²) >= 11 is 3.31. The maximum atomic E-state index is 14.0. The van der Waals surface area contributed by atoms with Gasteiger partial charge in [0.2, 0.25) is 0 Å². The van der Waals surface area contributed by atoms with Crippen LogP contribution in [0.5, 0.6) is 0 Å². The Morgan fingerprint density at radius 3 is 2.60 bits per heavy atom. The average molecular weight is 332 g/mol. The van der Waals surface area contributed by atoms with Crippen LogP contribution >= 0.6 is 15.9 Å². The lowest BCUT2D eigenvalue weighted by Crippen LogP contribution is -2.14. The highest BCUT2D eigenvalue weighted by Gasteiger charge is 2.26.